The number of anilines is 1. The van der Waals surface area contributed by atoms with Crippen molar-refractivity contribution < 1.29 is 14.4 Å². The SMILES string of the molecule is C[C@@H]1CCCCN1C(=O)c1cccc(NC2=C(Cl)C(=O)N(Cc3ccccc3)C2=O)c1. The second-order valence-corrected chi connectivity index (χ2v) is 8.30. The molecule has 0 aliphatic carbocycles. The van der Waals surface area contributed by atoms with Crippen molar-refractivity contribution in [3.63, 3.8) is 0 Å². The van der Waals surface area contributed by atoms with Gasteiger partial charge in [-0.3, -0.25) is 19.3 Å². The molecule has 1 N–H and O–H groups in total. The first-order chi connectivity index (χ1) is 15.0. The molecule has 6 nitrogen and oxygen atoms in total. The Kier molecular flexibility index (Phi) is 6.09. The van der Waals surface area contributed by atoms with Crippen molar-refractivity contribution in [2.24, 2.45) is 0 Å². The third-order valence-electron chi connectivity index (χ3n) is 5.74. The van der Waals surface area contributed by atoms with Gasteiger partial charge in [0.15, 0.2) is 0 Å². The van der Waals surface area contributed by atoms with E-state index in [1.807, 2.05) is 35.2 Å². The van der Waals surface area contributed by atoms with Crippen molar-refractivity contribution in [2.75, 3.05) is 11.9 Å². The van der Waals surface area contributed by atoms with Crippen LogP contribution in [0.1, 0.15) is 42.1 Å². The summed E-state index contributed by atoms with van der Waals surface area (Å²) >= 11 is 6.21. The molecular weight excluding hydrogens is 414 g/mol. The molecule has 2 aromatic carbocycles. The van der Waals surface area contributed by atoms with Crippen LogP contribution in [-0.2, 0) is 16.1 Å². The Bertz CT molecular complexity index is 1050. The molecule has 2 aliphatic rings. The molecule has 3 amide bonds. The maximum atomic E-state index is 13.0. The third kappa shape index (κ3) is 4.35. The molecule has 0 radical (unpaired) electrons. The Balaban J connectivity index is 1.51. The second kappa shape index (κ2) is 8.94. The number of halogens is 1. The van der Waals surface area contributed by atoms with Gasteiger partial charge in [-0.1, -0.05) is 48.0 Å². The highest BCUT2D eigenvalue weighted by Gasteiger charge is 2.37. The van der Waals surface area contributed by atoms with Gasteiger partial charge in [0.05, 0.1) is 6.54 Å². The average molecular weight is 438 g/mol. The molecule has 1 fully saturated rings. The fraction of sp³-hybridized carbons (Fsp3) is 0.292. The van der Waals surface area contributed by atoms with Crippen molar-refractivity contribution in [3.8, 4) is 0 Å². The molecule has 0 unspecified atom stereocenters. The van der Waals surface area contributed by atoms with E-state index in [0.29, 0.717) is 11.3 Å². The summed E-state index contributed by atoms with van der Waals surface area (Å²) in [6.07, 6.45) is 3.14. The van der Waals surface area contributed by atoms with Crippen molar-refractivity contribution >= 4 is 35.0 Å². The van der Waals surface area contributed by atoms with Crippen LogP contribution in [0.4, 0.5) is 5.69 Å². The van der Waals surface area contributed by atoms with Crippen LogP contribution in [0.2, 0.25) is 0 Å². The van der Waals surface area contributed by atoms with Gasteiger partial charge >= 0.3 is 0 Å². The van der Waals surface area contributed by atoms with Crippen LogP contribution >= 0.6 is 11.6 Å². The van der Waals surface area contributed by atoms with Crippen LogP contribution in [0.3, 0.4) is 0 Å². The molecular formula is C24H24ClN3O3. The van der Waals surface area contributed by atoms with Crippen molar-refractivity contribution in [1.29, 1.82) is 0 Å². The lowest BCUT2D eigenvalue weighted by Gasteiger charge is -2.33. The fourth-order valence-corrected chi connectivity index (χ4v) is 4.23. The maximum Gasteiger partial charge on any atom is 0.279 e. The molecule has 7 heteroatoms. The maximum absolute atomic E-state index is 13.0. The number of hydrogen-bond acceptors (Lipinski definition) is 4. The summed E-state index contributed by atoms with van der Waals surface area (Å²) in [7, 11) is 0. The number of benzene rings is 2. The lowest BCUT2D eigenvalue weighted by atomic mass is 10.0. The van der Waals surface area contributed by atoms with Gasteiger partial charge in [0.25, 0.3) is 17.7 Å². The van der Waals surface area contributed by atoms with E-state index in [0.717, 1.165) is 36.3 Å². The Labute approximate surface area is 186 Å². The van der Waals surface area contributed by atoms with Gasteiger partial charge in [-0.2, -0.15) is 0 Å². The summed E-state index contributed by atoms with van der Waals surface area (Å²) < 4.78 is 0. The predicted octanol–water partition coefficient (Wildman–Crippen LogP) is 4.13. The number of amides is 3. The molecule has 0 spiro atoms. The minimum absolute atomic E-state index is 0.0264. The van der Waals surface area contributed by atoms with E-state index < -0.39 is 11.8 Å². The Morgan fingerprint density at radius 1 is 1.06 bits per heavy atom. The van der Waals surface area contributed by atoms with Crippen molar-refractivity contribution in [1.82, 2.24) is 9.80 Å². The first kappa shape index (κ1) is 21.1. The fourth-order valence-electron chi connectivity index (χ4n) is 4.00. The zero-order valence-electron chi connectivity index (χ0n) is 17.3. The summed E-state index contributed by atoms with van der Waals surface area (Å²) in [4.78, 5) is 41.4. The molecule has 2 aromatic rings. The standard InChI is InChI=1S/C24H24ClN3O3/c1-16-8-5-6-13-27(16)22(29)18-11-7-12-19(14-18)26-21-20(25)23(30)28(24(21)31)15-17-9-3-2-4-10-17/h2-4,7,9-12,14,16,26H,5-6,8,13,15H2,1H3/t16-/m1/s1. The van der Waals surface area contributed by atoms with Gasteiger partial charge in [-0.05, 0) is 49.9 Å². The molecule has 1 atom stereocenters. The zero-order chi connectivity index (χ0) is 22.0. The summed E-state index contributed by atoms with van der Waals surface area (Å²) in [5, 5.41) is 2.81. The topological polar surface area (TPSA) is 69.7 Å². The lowest BCUT2D eigenvalue weighted by molar-refractivity contribution is -0.138. The summed E-state index contributed by atoms with van der Waals surface area (Å²) in [6.45, 7) is 2.95. The Morgan fingerprint density at radius 2 is 1.84 bits per heavy atom. The molecule has 0 bridgehead atoms. The van der Waals surface area contributed by atoms with E-state index in [1.165, 1.54) is 0 Å². The number of piperidine rings is 1. The highest BCUT2D eigenvalue weighted by atomic mass is 35.5. The quantitative estimate of drug-likeness (QED) is 0.714. The second-order valence-electron chi connectivity index (χ2n) is 7.92. The van der Waals surface area contributed by atoms with E-state index in [9.17, 15) is 14.4 Å². The van der Waals surface area contributed by atoms with E-state index in [4.69, 9.17) is 11.6 Å². The monoisotopic (exact) mass is 437 g/mol. The smallest absolute Gasteiger partial charge is 0.279 e. The third-order valence-corrected chi connectivity index (χ3v) is 6.09. The highest BCUT2D eigenvalue weighted by Crippen LogP contribution is 2.28. The number of likely N-dealkylation sites (tertiary alicyclic amines) is 1. The van der Waals surface area contributed by atoms with Crippen LogP contribution in [0.15, 0.2) is 65.3 Å². The average Bonchev–Trinajstić information content (AvgIpc) is 2.98. The Hall–Kier alpha value is -3.12. The predicted molar refractivity (Wildman–Crippen MR) is 119 cm³/mol. The minimum atomic E-state index is -0.535. The van der Waals surface area contributed by atoms with Gasteiger partial charge < -0.3 is 10.2 Å². The minimum Gasteiger partial charge on any atom is -0.350 e. The number of imide groups is 1. The first-order valence-corrected chi connectivity index (χ1v) is 10.8. The lowest BCUT2D eigenvalue weighted by Crippen LogP contribution is -2.42. The normalized spacial score (nSPS) is 19.2. The molecule has 2 heterocycles. The first-order valence-electron chi connectivity index (χ1n) is 10.4. The van der Waals surface area contributed by atoms with Gasteiger partial charge in [-0.25, -0.2) is 0 Å². The van der Waals surface area contributed by atoms with E-state index in [-0.39, 0.29) is 29.2 Å². The number of nitrogens with one attached hydrogen (secondary N) is 1. The largest absolute Gasteiger partial charge is 0.350 e. The summed E-state index contributed by atoms with van der Waals surface area (Å²) in [5.41, 5.74) is 1.93. The van der Waals surface area contributed by atoms with Crippen LogP contribution in [0, 0.1) is 0 Å². The number of nitrogens with zero attached hydrogens (tertiary/aromatic N) is 2. The van der Waals surface area contributed by atoms with Crippen LogP contribution < -0.4 is 5.32 Å². The highest BCUT2D eigenvalue weighted by molar-refractivity contribution is 6.48. The molecule has 1 saturated heterocycles. The zero-order valence-corrected chi connectivity index (χ0v) is 18.1. The summed E-state index contributed by atoms with van der Waals surface area (Å²) in [5.74, 6) is -1.05. The van der Waals surface area contributed by atoms with Crippen molar-refractivity contribution in [3.05, 3.63) is 76.5 Å². The number of rotatable bonds is 5. The van der Waals surface area contributed by atoms with Gasteiger partial charge in [0, 0.05) is 23.8 Å². The number of hydrogen-bond donors (Lipinski definition) is 1. The molecule has 2 aliphatic heterocycles. The Morgan fingerprint density at radius 3 is 2.58 bits per heavy atom. The van der Waals surface area contributed by atoms with Crippen molar-refractivity contribution in [2.45, 2.75) is 38.8 Å². The van der Waals surface area contributed by atoms with Crippen LogP contribution in [0.25, 0.3) is 0 Å². The van der Waals surface area contributed by atoms with Gasteiger partial charge in [0.2, 0.25) is 0 Å². The molecule has 31 heavy (non-hydrogen) atoms. The molecule has 160 valence electrons. The number of carbonyl (C=O) groups excluding carboxylic acids is 3. The van der Waals surface area contributed by atoms with Gasteiger partial charge in [-0.15, -0.1) is 0 Å². The molecule has 0 saturated carbocycles. The number of carbonyl (C=O) groups is 3. The van der Waals surface area contributed by atoms with E-state index >= 15 is 0 Å². The van der Waals surface area contributed by atoms with E-state index in [2.05, 4.69) is 12.2 Å². The van der Waals surface area contributed by atoms with E-state index in [1.54, 1.807) is 24.3 Å². The molecule has 0 aromatic heterocycles. The van der Waals surface area contributed by atoms with Crippen LogP contribution in [0.5, 0.6) is 0 Å². The van der Waals surface area contributed by atoms with Gasteiger partial charge in [0.1, 0.15) is 10.7 Å². The molecule has 4 rings (SSSR count). The van der Waals surface area contributed by atoms with Crippen LogP contribution in [-0.4, -0.2) is 40.1 Å². The summed E-state index contributed by atoms with van der Waals surface area (Å²) in [6, 6.07) is 16.4.